The molecule has 1 saturated carbocycles. The fourth-order valence-corrected chi connectivity index (χ4v) is 4.86. The number of anilines is 1. The van der Waals surface area contributed by atoms with Gasteiger partial charge in [-0.25, -0.2) is 9.97 Å². The first-order chi connectivity index (χ1) is 15.6. The molecule has 1 amide bonds. The summed E-state index contributed by atoms with van der Waals surface area (Å²) >= 11 is 0. The van der Waals surface area contributed by atoms with Crippen LogP contribution in [-0.2, 0) is 10.3 Å². The molecule has 0 radical (unpaired) electrons. The Morgan fingerprint density at radius 3 is 2.41 bits per heavy atom. The normalized spacial score (nSPS) is 17.7. The molecule has 160 valence electrons. The summed E-state index contributed by atoms with van der Waals surface area (Å²) in [5.74, 6) is 0.580. The number of amides is 1. The van der Waals surface area contributed by atoms with Gasteiger partial charge in [-0.2, -0.15) is 0 Å². The fourth-order valence-electron chi connectivity index (χ4n) is 4.86. The first kappa shape index (κ1) is 19.2. The summed E-state index contributed by atoms with van der Waals surface area (Å²) < 4.78 is 2.19. The third kappa shape index (κ3) is 3.02. The van der Waals surface area contributed by atoms with Crippen LogP contribution in [0.1, 0.15) is 37.7 Å². The van der Waals surface area contributed by atoms with Crippen molar-refractivity contribution >= 4 is 22.9 Å². The Hall–Kier alpha value is -3.51. The Balaban J connectivity index is 1.50. The van der Waals surface area contributed by atoms with Crippen LogP contribution in [0.5, 0.6) is 0 Å². The van der Waals surface area contributed by atoms with E-state index in [0.29, 0.717) is 18.9 Å². The molecule has 0 atom stereocenters. The van der Waals surface area contributed by atoms with Crippen LogP contribution in [-0.4, -0.2) is 27.0 Å². The number of benzene rings is 2. The number of carbonyl (C=O) groups is 1. The molecule has 2 N–H and O–H groups in total. The van der Waals surface area contributed by atoms with Gasteiger partial charge in [0, 0.05) is 24.2 Å². The van der Waals surface area contributed by atoms with Gasteiger partial charge in [0.25, 0.3) is 0 Å². The standard InChI is InChI=1S/C26H25N5O/c27-26(13-5-14-26)19-9-11-20(12-10-19)31-22(18-6-2-1-3-7-18)16-21-23(31)17-28-25(29-21)30-15-4-8-24(30)32/h1-3,6-7,9-12,16-17H,4-5,8,13-15,27H2. The van der Waals surface area contributed by atoms with E-state index in [-0.39, 0.29) is 11.4 Å². The van der Waals surface area contributed by atoms with Gasteiger partial charge in [-0.3, -0.25) is 9.69 Å². The summed E-state index contributed by atoms with van der Waals surface area (Å²) in [5.41, 5.74) is 12.5. The molecule has 2 aromatic carbocycles. The van der Waals surface area contributed by atoms with Crippen LogP contribution in [0.25, 0.3) is 28.0 Å². The summed E-state index contributed by atoms with van der Waals surface area (Å²) in [6, 6.07) is 20.9. The molecule has 2 fully saturated rings. The van der Waals surface area contributed by atoms with Gasteiger partial charge in [0.15, 0.2) is 0 Å². The zero-order chi connectivity index (χ0) is 21.7. The number of fused-ring (bicyclic) bond motifs is 1. The van der Waals surface area contributed by atoms with Crippen molar-refractivity contribution in [2.75, 3.05) is 11.4 Å². The molecule has 1 saturated heterocycles. The zero-order valence-corrected chi connectivity index (χ0v) is 17.9. The number of carbonyl (C=O) groups excluding carboxylic acids is 1. The van der Waals surface area contributed by atoms with Crippen molar-refractivity contribution < 1.29 is 4.79 Å². The molecule has 1 aliphatic carbocycles. The van der Waals surface area contributed by atoms with E-state index in [2.05, 4.69) is 52.0 Å². The maximum absolute atomic E-state index is 12.2. The van der Waals surface area contributed by atoms with Crippen molar-refractivity contribution in [2.45, 2.75) is 37.6 Å². The summed E-state index contributed by atoms with van der Waals surface area (Å²) in [6.07, 6.45) is 6.52. The highest BCUT2D eigenvalue weighted by molar-refractivity contribution is 5.95. The van der Waals surface area contributed by atoms with Crippen molar-refractivity contribution in [3.63, 3.8) is 0 Å². The lowest BCUT2D eigenvalue weighted by Gasteiger charge is -2.38. The number of hydrogen-bond donors (Lipinski definition) is 1. The van der Waals surface area contributed by atoms with Crippen LogP contribution in [0.15, 0.2) is 66.9 Å². The Morgan fingerprint density at radius 2 is 1.75 bits per heavy atom. The van der Waals surface area contributed by atoms with E-state index in [1.54, 1.807) is 4.90 Å². The molecule has 3 heterocycles. The van der Waals surface area contributed by atoms with Crippen molar-refractivity contribution in [2.24, 2.45) is 5.73 Å². The van der Waals surface area contributed by atoms with Gasteiger partial charge in [0.2, 0.25) is 11.9 Å². The number of nitrogens with two attached hydrogens (primary N) is 1. The number of rotatable bonds is 4. The molecule has 6 heteroatoms. The van der Waals surface area contributed by atoms with Crippen LogP contribution in [0.4, 0.5) is 5.95 Å². The molecule has 6 nitrogen and oxygen atoms in total. The zero-order valence-electron chi connectivity index (χ0n) is 17.9. The lowest BCUT2D eigenvalue weighted by Crippen LogP contribution is -2.43. The Kier molecular flexibility index (Phi) is 4.36. The van der Waals surface area contributed by atoms with E-state index < -0.39 is 0 Å². The second-order valence-corrected chi connectivity index (χ2v) is 8.88. The lowest BCUT2D eigenvalue weighted by molar-refractivity contribution is -0.117. The van der Waals surface area contributed by atoms with E-state index in [0.717, 1.165) is 47.2 Å². The Bertz CT molecular complexity index is 1310. The van der Waals surface area contributed by atoms with Gasteiger partial charge < -0.3 is 10.3 Å². The summed E-state index contributed by atoms with van der Waals surface area (Å²) in [6.45, 7) is 0.679. The van der Waals surface area contributed by atoms with Gasteiger partial charge >= 0.3 is 0 Å². The monoisotopic (exact) mass is 423 g/mol. The lowest BCUT2D eigenvalue weighted by atomic mass is 9.73. The second kappa shape index (κ2) is 7.28. The maximum atomic E-state index is 12.2. The number of hydrogen-bond acceptors (Lipinski definition) is 4. The first-order valence-corrected chi connectivity index (χ1v) is 11.3. The molecular formula is C26H25N5O. The molecular weight excluding hydrogens is 398 g/mol. The van der Waals surface area contributed by atoms with Gasteiger partial charge in [0.05, 0.1) is 22.9 Å². The topological polar surface area (TPSA) is 77.0 Å². The van der Waals surface area contributed by atoms with E-state index >= 15 is 0 Å². The van der Waals surface area contributed by atoms with Crippen molar-refractivity contribution in [1.29, 1.82) is 0 Å². The minimum absolute atomic E-state index is 0.0920. The van der Waals surface area contributed by atoms with E-state index in [9.17, 15) is 4.79 Å². The first-order valence-electron chi connectivity index (χ1n) is 11.3. The molecule has 0 unspecified atom stereocenters. The quantitative estimate of drug-likeness (QED) is 0.522. The van der Waals surface area contributed by atoms with E-state index in [4.69, 9.17) is 10.7 Å². The maximum Gasteiger partial charge on any atom is 0.232 e. The van der Waals surface area contributed by atoms with Gasteiger partial charge in [-0.05, 0) is 55.0 Å². The van der Waals surface area contributed by atoms with Crippen molar-refractivity contribution in [3.05, 3.63) is 72.4 Å². The van der Waals surface area contributed by atoms with Crippen LogP contribution < -0.4 is 10.6 Å². The van der Waals surface area contributed by atoms with Gasteiger partial charge in [-0.1, -0.05) is 42.5 Å². The average molecular weight is 424 g/mol. The van der Waals surface area contributed by atoms with E-state index in [1.165, 1.54) is 12.0 Å². The van der Waals surface area contributed by atoms with Crippen LogP contribution >= 0.6 is 0 Å². The highest BCUT2D eigenvalue weighted by atomic mass is 16.2. The molecule has 6 rings (SSSR count). The predicted molar refractivity (Wildman–Crippen MR) is 126 cm³/mol. The molecule has 2 aliphatic rings. The van der Waals surface area contributed by atoms with Gasteiger partial charge in [0.1, 0.15) is 0 Å². The molecule has 1 aliphatic heterocycles. The molecule has 4 aromatic rings. The third-order valence-electron chi connectivity index (χ3n) is 6.87. The highest BCUT2D eigenvalue weighted by Gasteiger charge is 2.34. The summed E-state index contributed by atoms with van der Waals surface area (Å²) in [5, 5.41) is 0. The SMILES string of the molecule is NC1(c2ccc(-n3c(-c4ccccc4)cc4nc(N5CCCC5=O)ncc43)cc2)CCC1. The van der Waals surface area contributed by atoms with Crippen molar-refractivity contribution in [1.82, 2.24) is 14.5 Å². The molecule has 0 spiro atoms. The van der Waals surface area contributed by atoms with Crippen molar-refractivity contribution in [3.8, 4) is 16.9 Å². The third-order valence-corrected chi connectivity index (χ3v) is 6.87. The highest BCUT2D eigenvalue weighted by Crippen LogP contribution is 2.39. The van der Waals surface area contributed by atoms with E-state index in [1.807, 2.05) is 24.4 Å². The summed E-state index contributed by atoms with van der Waals surface area (Å²) in [7, 11) is 0. The predicted octanol–water partition coefficient (Wildman–Crippen LogP) is 4.55. The fraction of sp³-hybridized carbons (Fsp3) is 0.269. The number of aromatic nitrogens is 3. The largest absolute Gasteiger partial charge is 0.321 e. The molecule has 2 aromatic heterocycles. The minimum atomic E-state index is -0.181. The smallest absolute Gasteiger partial charge is 0.232 e. The minimum Gasteiger partial charge on any atom is -0.321 e. The second-order valence-electron chi connectivity index (χ2n) is 8.88. The Labute approximate surface area is 186 Å². The van der Waals surface area contributed by atoms with Gasteiger partial charge in [-0.15, -0.1) is 0 Å². The average Bonchev–Trinajstić information content (AvgIpc) is 3.41. The Morgan fingerprint density at radius 1 is 0.969 bits per heavy atom. The summed E-state index contributed by atoms with van der Waals surface area (Å²) in [4.78, 5) is 23.2. The number of nitrogens with zero attached hydrogens (tertiary/aromatic N) is 4. The molecule has 0 bridgehead atoms. The van der Waals surface area contributed by atoms with Crippen LogP contribution in [0, 0.1) is 0 Å². The molecule has 32 heavy (non-hydrogen) atoms. The van der Waals surface area contributed by atoms with Crippen LogP contribution in [0.2, 0.25) is 0 Å². The van der Waals surface area contributed by atoms with Crippen LogP contribution in [0.3, 0.4) is 0 Å².